The van der Waals surface area contributed by atoms with E-state index in [1.165, 1.54) is 0 Å². The minimum Gasteiger partial charge on any atom is -0.475 e. The van der Waals surface area contributed by atoms with Crippen molar-refractivity contribution in [3.05, 3.63) is 21.8 Å². The van der Waals surface area contributed by atoms with Crippen molar-refractivity contribution in [2.75, 3.05) is 5.32 Å². The number of fused-ring (bicyclic) bond motifs is 1. The number of ether oxygens (including phenoxy) is 1. The quantitative estimate of drug-likeness (QED) is 0.747. The number of halogens is 1. The van der Waals surface area contributed by atoms with E-state index in [0.717, 1.165) is 15.0 Å². The molecule has 1 heterocycles. The summed E-state index contributed by atoms with van der Waals surface area (Å²) >= 11 is 2.19. The average molecular weight is 303 g/mol. The molecule has 0 aromatic heterocycles. The van der Waals surface area contributed by atoms with Crippen LogP contribution in [0, 0.1) is 3.57 Å². The number of para-hydroxylation sites is 1. The van der Waals surface area contributed by atoms with Gasteiger partial charge in [0, 0.05) is 0 Å². The minimum atomic E-state index is -0.783. The first-order valence-electron chi connectivity index (χ1n) is 4.30. The Balaban J connectivity index is 2.51. The summed E-state index contributed by atoms with van der Waals surface area (Å²) in [6.07, 6.45) is 0. The monoisotopic (exact) mass is 303 g/mol. The molecule has 1 amide bonds. The van der Waals surface area contributed by atoms with Crippen LogP contribution >= 0.6 is 22.6 Å². The number of nitrogens with one attached hydrogen (secondary N) is 1. The Labute approximate surface area is 96.0 Å². The predicted molar refractivity (Wildman–Crippen MR) is 62.5 cm³/mol. The van der Waals surface area contributed by atoms with Gasteiger partial charge in [-0.25, -0.2) is 0 Å². The van der Waals surface area contributed by atoms with E-state index in [0.29, 0.717) is 0 Å². The summed E-state index contributed by atoms with van der Waals surface area (Å²) in [7, 11) is 0. The lowest BCUT2D eigenvalue weighted by Gasteiger charge is -2.32. The van der Waals surface area contributed by atoms with Gasteiger partial charge in [0.2, 0.25) is 0 Å². The number of hydrogen-bond acceptors (Lipinski definition) is 2. The molecule has 0 radical (unpaired) electrons. The van der Waals surface area contributed by atoms with Crippen molar-refractivity contribution in [2.45, 2.75) is 19.4 Å². The lowest BCUT2D eigenvalue weighted by Crippen LogP contribution is -2.45. The van der Waals surface area contributed by atoms with Crippen LogP contribution in [0.5, 0.6) is 5.75 Å². The molecule has 0 unspecified atom stereocenters. The highest BCUT2D eigenvalue weighted by atomic mass is 127. The van der Waals surface area contributed by atoms with Crippen LogP contribution < -0.4 is 10.1 Å². The van der Waals surface area contributed by atoms with Crippen LogP contribution in [0.4, 0.5) is 5.69 Å². The topological polar surface area (TPSA) is 38.3 Å². The second-order valence-corrected chi connectivity index (χ2v) is 4.85. The van der Waals surface area contributed by atoms with Crippen LogP contribution in [-0.4, -0.2) is 11.5 Å². The molecule has 1 aliphatic heterocycles. The van der Waals surface area contributed by atoms with Crippen molar-refractivity contribution in [3.8, 4) is 5.75 Å². The molecule has 0 fully saturated rings. The van der Waals surface area contributed by atoms with Crippen molar-refractivity contribution in [2.24, 2.45) is 0 Å². The van der Waals surface area contributed by atoms with E-state index >= 15 is 0 Å². The van der Waals surface area contributed by atoms with E-state index in [4.69, 9.17) is 4.74 Å². The SMILES string of the molecule is CC1(C)Oc2c(I)cccc2NC1=O. The summed E-state index contributed by atoms with van der Waals surface area (Å²) in [6, 6.07) is 5.68. The van der Waals surface area contributed by atoms with Gasteiger partial charge in [-0.15, -0.1) is 0 Å². The van der Waals surface area contributed by atoms with Gasteiger partial charge in [-0.2, -0.15) is 0 Å². The molecule has 0 bridgehead atoms. The maximum atomic E-state index is 11.6. The number of benzene rings is 1. The summed E-state index contributed by atoms with van der Waals surface area (Å²) in [6.45, 7) is 3.52. The molecule has 0 atom stereocenters. The van der Waals surface area contributed by atoms with E-state index < -0.39 is 5.60 Å². The van der Waals surface area contributed by atoms with E-state index in [2.05, 4.69) is 27.9 Å². The number of amides is 1. The van der Waals surface area contributed by atoms with Crippen molar-refractivity contribution >= 4 is 34.2 Å². The van der Waals surface area contributed by atoms with Gasteiger partial charge < -0.3 is 10.1 Å². The summed E-state index contributed by atoms with van der Waals surface area (Å²) in [5.74, 6) is 0.657. The van der Waals surface area contributed by atoms with Gasteiger partial charge in [-0.3, -0.25) is 4.79 Å². The molecular formula is C10H10INO2. The van der Waals surface area contributed by atoms with E-state index in [-0.39, 0.29) is 5.91 Å². The smallest absolute Gasteiger partial charge is 0.268 e. The number of hydrogen-bond donors (Lipinski definition) is 1. The molecule has 1 aromatic carbocycles. The number of rotatable bonds is 0. The van der Waals surface area contributed by atoms with E-state index in [1.54, 1.807) is 13.8 Å². The Morgan fingerprint density at radius 3 is 2.86 bits per heavy atom. The van der Waals surface area contributed by atoms with Crippen LogP contribution in [0.3, 0.4) is 0 Å². The van der Waals surface area contributed by atoms with Gasteiger partial charge in [-0.05, 0) is 48.6 Å². The summed E-state index contributed by atoms with van der Waals surface area (Å²) in [5.41, 5.74) is -0.0323. The van der Waals surface area contributed by atoms with Gasteiger partial charge >= 0.3 is 0 Å². The summed E-state index contributed by atoms with van der Waals surface area (Å²) in [4.78, 5) is 11.6. The summed E-state index contributed by atoms with van der Waals surface area (Å²) < 4.78 is 6.65. The molecule has 0 saturated heterocycles. The van der Waals surface area contributed by atoms with Crippen molar-refractivity contribution in [1.29, 1.82) is 0 Å². The Morgan fingerprint density at radius 1 is 1.43 bits per heavy atom. The molecule has 74 valence electrons. The first-order chi connectivity index (χ1) is 6.50. The molecule has 1 aromatic rings. The van der Waals surface area contributed by atoms with Gasteiger partial charge in [-0.1, -0.05) is 6.07 Å². The van der Waals surface area contributed by atoms with Crippen molar-refractivity contribution in [3.63, 3.8) is 0 Å². The molecule has 3 nitrogen and oxygen atoms in total. The first kappa shape index (κ1) is 9.76. The first-order valence-corrected chi connectivity index (χ1v) is 5.37. The van der Waals surface area contributed by atoms with E-state index in [9.17, 15) is 4.79 Å². The van der Waals surface area contributed by atoms with Crippen LogP contribution in [0.25, 0.3) is 0 Å². The van der Waals surface area contributed by atoms with Gasteiger partial charge in [0.25, 0.3) is 5.91 Å². The molecular weight excluding hydrogens is 293 g/mol. The zero-order valence-electron chi connectivity index (χ0n) is 7.93. The molecule has 0 aliphatic carbocycles. The third-order valence-corrected chi connectivity index (χ3v) is 2.97. The lowest BCUT2D eigenvalue weighted by atomic mass is 10.1. The predicted octanol–water partition coefficient (Wildman–Crippen LogP) is 2.40. The Kier molecular flexibility index (Phi) is 2.17. The maximum absolute atomic E-state index is 11.6. The van der Waals surface area contributed by atoms with Crippen LogP contribution in [0.2, 0.25) is 0 Å². The molecule has 4 heteroatoms. The standard InChI is InChI=1S/C10H10INO2/c1-10(2)9(13)12-7-5-3-4-6(11)8(7)14-10/h3-5H,1-2H3,(H,12,13). The highest BCUT2D eigenvalue weighted by Gasteiger charge is 2.35. The number of anilines is 1. The highest BCUT2D eigenvalue weighted by Crippen LogP contribution is 2.36. The van der Waals surface area contributed by atoms with Gasteiger partial charge in [0.1, 0.15) is 0 Å². The Morgan fingerprint density at radius 2 is 2.14 bits per heavy atom. The molecule has 2 rings (SSSR count). The highest BCUT2D eigenvalue weighted by molar-refractivity contribution is 14.1. The lowest BCUT2D eigenvalue weighted by molar-refractivity contribution is -0.129. The second kappa shape index (κ2) is 3.12. The zero-order valence-corrected chi connectivity index (χ0v) is 10.1. The van der Waals surface area contributed by atoms with Crippen LogP contribution in [0.15, 0.2) is 18.2 Å². The fraction of sp³-hybridized carbons (Fsp3) is 0.300. The number of carbonyl (C=O) groups is 1. The fourth-order valence-corrected chi connectivity index (χ4v) is 1.89. The average Bonchev–Trinajstić information content (AvgIpc) is 2.09. The minimum absolute atomic E-state index is 0.105. The second-order valence-electron chi connectivity index (χ2n) is 3.68. The Bertz CT molecular complexity index is 401. The third kappa shape index (κ3) is 1.47. The number of carbonyl (C=O) groups excluding carboxylic acids is 1. The largest absolute Gasteiger partial charge is 0.475 e. The van der Waals surface area contributed by atoms with Crippen LogP contribution in [-0.2, 0) is 4.79 Å². The molecule has 1 aliphatic rings. The van der Waals surface area contributed by atoms with Crippen molar-refractivity contribution < 1.29 is 9.53 Å². The molecule has 14 heavy (non-hydrogen) atoms. The normalized spacial score (nSPS) is 18.1. The Hall–Kier alpha value is -0.780. The van der Waals surface area contributed by atoms with E-state index in [1.807, 2.05) is 18.2 Å². The molecule has 0 spiro atoms. The van der Waals surface area contributed by atoms with Gasteiger partial charge in [0.15, 0.2) is 11.4 Å². The molecule has 0 saturated carbocycles. The van der Waals surface area contributed by atoms with Crippen molar-refractivity contribution in [1.82, 2.24) is 0 Å². The summed E-state index contributed by atoms with van der Waals surface area (Å²) in [5, 5.41) is 2.82. The zero-order chi connectivity index (χ0) is 10.3. The molecule has 1 N–H and O–H groups in total. The fourth-order valence-electron chi connectivity index (χ4n) is 1.29. The van der Waals surface area contributed by atoms with Crippen LogP contribution in [0.1, 0.15) is 13.8 Å². The third-order valence-electron chi connectivity index (χ3n) is 2.12. The van der Waals surface area contributed by atoms with Gasteiger partial charge in [0.05, 0.1) is 9.26 Å². The maximum Gasteiger partial charge on any atom is 0.268 e.